The van der Waals surface area contributed by atoms with Crippen molar-refractivity contribution >= 4 is 11.6 Å². The summed E-state index contributed by atoms with van der Waals surface area (Å²) in [6, 6.07) is 27.4. The van der Waals surface area contributed by atoms with Crippen LogP contribution in [0.15, 0.2) is 84.9 Å². The highest BCUT2D eigenvalue weighted by Crippen LogP contribution is 2.32. The van der Waals surface area contributed by atoms with Crippen LogP contribution in [0, 0.1) is 17.1 Å². The number of halogens is 2. The first kappa shape index (κ1) is 29.4. The third-order valence-corrected chi connectivity index (χ3v) is 5.14. The molecule has 6 heteroatoms. The average molecular weight is 519 g/mol. The molecule has 0 saturated heterocycles. The van der Waals surface area contributed by atoms with Gasteiger partial charge in [0.1, 0.15) is 12.4 Å². The van der Waals surface area contributed by atoms with E-state index in [9.17, 15) is 5.26 Å². The molecule has 37 heavy (non-hydrogen) atoms. The highest BCUT2D eigenvalue weighted by atomic mass is 35.5. The lowest BCUT2D eigenvalue weighted by molar-refractivity contribution is 0.289. The Morgan fingerprint density at radius 3 is 2.08 bits per heavy atom. The summed E-state index contributed by atoms with van der Waals surface area (Å²) in [5.74, 6) is -0.105. The summed E-state index contributed by atoms with van der Waals surface area (Å²) in [7, 11) is 0. The molecule has 0 saturated carbocycles. The molecule has 0 unspecified atom stereocenters. The normalized spacial score (nSPS) is 9.65. The van der Waals surface area contributed by atoms with Crippen molar-refractivity contribution in [2.45, 2.75) is 47.1 Å². The van der Waals surface area contributed by atoms with E-state index in [1.54, 1.807) is 0 Å². The molecule has 3 aromatic carbocycles. The zero-order valence-electron chi connectivity index (χ0n) is 21.7. The fraction of sp³-hybridized carbons (Fsp3) is 0.226. The Morgan fingerprint density at radius 2 is 1.46 bits per heavy atom. The number of nitrogens with zero attached hydrogens (tertiary/aromatic N) is 2. The summed E-state index contributed by atoms with van der Waals surface area (Å²) in [6.45, 7) is 8.28. The molecule has 0 amide bonds. The monoisotopic (exact) mass is 518 g/mol. The average Bonchev–Trinajstić information content (AvgIpc) is 2.95. The van der Waals surface area contributed by atoms with E-state index in [1.165, 1.54) is 24.3 Å². The minimum Gasteiger partial charge on any atom is -0.473 e. The molecule has 0 N–H and O–H groups in total. The van der Waals surface area contributed by atoms with Crippen molar-refractivity contribution < 1.29 is 13.9 Å². The Kier molecular flexibility index (Phi) is 12.7. The summed E-state index contributed by atoms with van der Waals surface area (Å²) in [5, 5.41) is 9.51. The first-order chi connectivity index (χ1) is 18.1. The van der Waals surface area contributed by atoms with E-state index in [4.69, 9.17) is 21.1 Å². The lowest BCUT2D eigenvalue weighted by Crippen LogP contribution is -2.05. The number of benzene rings is 3. The van der Waals surface area contributed by atoms with Gasteiger partial charge in [-0.15, -0.1) is 0 Å². The van der Waals surface area contributed by atoms with Crippen LogP contribution in [0.1, 0.15) is 50.1 Å². The number of hydrogen-bond acceptors (Lipinski definition) is 4. The Balaban J connectivity index is 0.00000115. The molecule has 4 aromatic rings. The minimum absolute atomic E-state index is 0.0396. The second kappa shape index (κ2) is 16.0. The van der Waals surface area contributed by atoms with Gasteiger partial charge in [-0.1, -0.05) is 100.0 Å². The molecule has 0 aliphatic rings. The molecule has 4 nitrogen and oxygen atoms in total. The Bertz CT molecular complexity index is 1280. The predicted molar refractivity (Wildman–Crippen MR) is 148 cm³/mol. The molecule has 0 fully saturated rings. The predicted octanol–water partition coefficient (Wildman–Crippen LogP) is 8.95. The number of aromatic nitrogens is 1. The van der Waals surface area contributed by atoms with Gasteiger partial charge in [0.05, 0.1) is 17.3 Å². The van der Waals surface area contributed by atoms with Crippen molar-refractivity contribution in [2.24, 2.45) is 0 Å². The number of ether oxygens (including phenoxy) is 2. The van der Waals surface area contributed by atoms with Gasteiger partial charge in [0.2, 0.25) is 5.88 Å². The van der Waals surface area contributed by atoms with Gasteiger partial charge in [0.25, 0.3) is 0 Å². The van der Waals surface area contributed by atoms with Crippen LogP contribution >= 0.6 is 11.6 Å². The maximum Gasteiger partial charge on any atom is 0.217 e. The van der Waals surface area contributed by atoms with Crippen LogP contribution in [0.25, 0.3) is 0 Å². The van der Waals surface area contributed by atoms with Gasteiger partial charge < -0.3 is 9.47 Å². The van der Waals surface area contributed by atoms with E-state index in [0.717, 1.165) is 11.1 Å². The van der Waals surface area contributed by atoms with E-state index >= 15 is 4.39 Å². The van der Waals surface area contributed by atoms with E-state index in [1.807, 2.05) is 94.4 Å². The number of hydrogen-bond donors (Lipinski definition) is 0. The molecule has 0 aliphatic heterocycles. The fourth-order valence-corrected chi connectivity index (χ4v) is 3.52. The third-order valence-electron chi connectivity index (χ3n) is 4.92. The minimum atomic E-state index is -0.573. The highest BCUT2D eigenvalue weighted by Gasteiger charge is 2.17. The zero-order valence-corrected chi connectivity index (χ0v) is 22.4. The molecular formula is C31H32ClFN2O2. The Hall–Kier alpha value is -3.88. The van der Waals surface area contributed by atoms with Gasteiger partial charge in [0, 0.05) is 11.1 Å². The SMILES string of the molecule is CC.CC.N#Cc1cc(Cl)cc(Oc2cc(OCc3ccccc3)nc(CCc3ccccc3)c2F)c1. The summed E-state index contributed by atoms with van der Waals surface area (Å²) < 4.78 is 27.0. The second-order valence-electron chi connectivity index (χ2n) is 7.37. The largest absolute Gasteiger partial charge is 0.473 e. The fourth-order valence-electron chi connectivity index (χ4n) is 3.30. The number of aryl methyl sites for hydroxylation is 2. The van der Waals surface area contributed by atoms with E-state index in [-0.39, 0.29) is 29.7 Å². The molecule has 4 rings (SSSR count). The van der Waals surface area contributed by atoms with Gasteiger partial charge in [-0.2, -0.15) is 5.26 Å². The van der Waals surface area contributed by atoms with Crippen LogP contribution in [0.4, 0.5) is 4.39 Å². The molecule has 0 atom stereocenters. The highest BCUT2D eigenvalue weighted by molar-refractivity contribution is 6.30. The smallest absolute Gasteiger partial charge is 0.217 e. The first-order valence-electron chi connectivity index (χ1n) is 12.4. The maximum atomic E-state index is 15.3. The molecule has 1 aromatic heterocycles. The summed E-state index contributed by atoms with van der Waals surface area (Å²) in [4.78, 5) is 4.40. The van der Waals surface area contributed by atoms with Gasteiger partial charge in [-0.05, 0) is 42.2 Å². The number of rotatable bonds is 8. The molecule has 0 radical (unpaired) electrons. The third kappa shape index (κ3) is 9.25. The van der Waals surface area contributed by atoms with E-state index in [2.05, 4.69) is 4.98 Å². The van der Waals surface area contributed by atoms with Gasteiger partial charge in [-0.25, -0.2) is 9.37 Å². The quantitative estimate of drug-likeness (QED) is 0.233. The van der Waals surface area contributed by atoms with Gasteiger partial charge >= 0.3 is 0 Å². The Labute approximate surface area is 224 Å². The van der Waals surface area contributed by atoms with Crippen LogP contribution in [-0.2, 0) is 19.4 Å². The summed E-state index contributed by atoms with van der Waals surface area (Å²) in [5.41, 5.74) is 2.59. The van der Waals surface area contributed by atoms with Crippen LogP contribution in [-0.4, -0.2) is 4.98 Å². The number of nitriles is 1. The van der Waals surface area contributed by atoms with Crippen molar-refractivity contribution in [1.29, 1.82) is 5.26 Å². The zero-order chi connectivity index (χ0) is 27.0. The van der Waals surface area contributed by atoms with Crippen LogP contribution in [0.3, 0.4) is 0 Å². The Morgan fingerprint density at radius 1 is 0.838 bits per heavy atom. The van der Waals surface area contributed by atoms with E-state index < -0.39 is 5.82 Å². The molecule has 0 aliphatic carbocycles. The lowest BCUT2D eigenvalue weighted by Gasteiger charge is -2.13. The van der Waals surface area contributed by atoms with Crippen molar-refractivity contribution in [3.8, 4) is 23.4 Å². The van der Waals surface area contributed by atoms with Crippen LogP contribution < -0.4 is 9.47 Å². The second-order valence-corrected chi connectivity index (χ2v) is 7.81. The topological polar surface area (TPSA) is 55.1 Å². The standard InChI is InChI=1S/C27H20ClFN2O2.2C2H6/c28-22-13-21(17-30)14-23(15-22)33-25-16-26(32-18-20-9-5-2-6-10-20)31-24(27(25)29)12-11-19-7-3-1-4-8-19;2*1-2/h1-10,13-16H,11-12,18H2;2*1-2H3. The van der Waals surface area contributed by atoms with Gasteiger partial charge in [0.15, 0.2) is 11.6 Å². The van der Waals surface area contributed by atoms with Crippen molar-refractivity contribution in [3.63, 3.8) is 0 Å². The molecular weight excluding hydrogens is 487 g/mol. The van der Waals surface area contributed by atoms with Crippen LogP contribution in [0.5, 0.6) is 17.4 Å². The van der Waals surface area contributed by atoms with Crippen molar-refractivity contribution in [3.05, 3.63) is 118 Å². The first-order valence-corrected chi connectivity index (χ1v) is 12.8. The van der Waals surface area contributed by atoms with Crippen LogP contribution in [0.2, 0.25) is 5.02 Å². The van der Waals surface area contributed by atoms with E-state index in [0.29, 0.717) is 23.4 Å². The molecule has 192 valence electrons. The lowest BCUT2D eigenvalue weighted by atomic mass is 10.1. The van der Waals surface area contributed by atoms with Crippen molar-refractivity contribution in [1.82, 2.24) is 4.98 Å². The molecule has 0 spiro atoms. The summed E-state index contributed by atoms with van der Waals surface area (Å²) in [6.07, 6.45) is 0.982. The van der Waals surface area contributed by atoms with Gasteiger partial charge in [-0.3, -0.25) is 0 Å². The molecule has 0 bridgehead atoms. The molecule has 1 heterocycles. The van der Waals surface area contributed by atoms with Crippen molar-refractivity contribution in [2.75, 3.05) is 0 Å². The summed E-state index contributed by atoms with van der Waals surface area (Å²) >= 11 is 6.07. The maximum absolute atomic E-state index is 15.3. The number of pyridine rings is 1.